The molecule has 0 radical (unpaired) electrons. The number of morpholine rings is 1. The molecule has 1 atom stereocenters. The Kier molecular flexibility index (Phi) is 14.6. The minimum Gasteiger partial charge on any atom is -0.379 e. The third kappa shape index (κ3) is 11.1. The van der Waals surface area contributed by atoms with E-state index in [2.05, 4.69) is 46.5 Å². The van der Waals surface area contributed by atoms with E-state index >= 15 is 0 Å². The summed E-state index contributed by atoms with van der Waals surface area (Å²) in [7, 11) is 0. The molecule has 2 rings (SSSR count). The zero-order valence-electron chi connectivity index (χ0n) is 19.1. The predicted molar refractivity (Wildman–Crippen MR) is 134 cm³/mol. The second-order valence-electron chi connectivity index (χ2n) is 8.28. The van der Waals surface area contributed by atoms with Gasteiger partial charge in [-0.3, -0.25) is 19.6 Å². The predicted octanol–water partition coefficient (Wildman–Crippen LogP) is 1.12. The number of rotatable bonds is 10. The smallest absolute Gasteiger partial charge is 0.234 e. The molecule has 8 nitrogen and oxygen atoms in total. The maximum Gasteiger partial charge on any atom is 0.234 e. The van der Waals surface area contributed by atoms with Crippen LogP contribution in [0.4, 0.5) is 0 Å². The van der Waals surface area contributed by atoms with Crippen molar-refractivity contribution in [1.82, 2.24) is 25.8 Å². The number of nitrogens with one attached hydrogen (secondary N) is 3. The first kappa shape index (κ1) is 27.4. The van der Waals surface area contributed by atoms with E-state index in [0.717, 1.165) is 90.8 Å². The number of hydrogen-bond acceptors (Lipinski definition) is 5. The van der Waals surface area contributed by atoms with Gasteiger partial charge in [-0.25, -0.2) is 0 Å². The molecule has 9 heteroatoms. The number of guanidine groups is 1. The number of piperidine rings is 1. The molecule has 1 amide bonds. The van der Waals surface area contributed by atoms with Crippen LogP contribution < -0.4 is 16.0 Å². The number of carbonyl (C=O) groups is 1. The highest BCUT2D eigenvalue weighted by Crippen LogP contribution is 2.10. The van der Waals surface area contributed by atoms with Gasteiger partial charge in [0.05, 0.1) is 19.8 Å². The lowest BCUT2D eigenvalue weighted by atomic mass is 10.1. The second-order valence-corrected chi connectivity index (χ2v) is 8.28. The number of ether oxygens (including phenoxy) is 1. The number of likely N-dealkylation sites (tertiary alicyclic amines) is 1. The molecule has 2 fully saturated rings. The fraction of sp³-hybridized carbons (Fsp3) is 0.905. The van der Waals surface area contributed by atoms with Crippen LogP contribution in [0.3, 0.4) is 0 Å². The van der Waals surface area contributed by atoms with Crippen LogP contribution in [0.2, 0.25) is 0 Å². The van der Waals surface area contributed by atoms with Gasteiger partial charge < -0.3 is 20.7 Å². The fourth-order valence-corrected chi connectivity index (χ4v) is 3.80. The van der Waals surface area contributed by atoms with Crippen molar-refractivity contribution >= 4 is 35.8 Å². The normalized spacial score (nSPS) is 20.3. The Labute approximate surface area is 200 Å². The van der Waals surface area contributed by atoms with Crippen LogP contribution in [0.25, 0.3) is 0 Å². The van der Waals surface area contributed by atoms with Crippen LogP contribution in [0.15, 0.2) is 4.99 Å². The van der Waals surface area contributed by atoms with Crippen molar-refractivity contribution in [2.45, 2.75) is 46.1 Å². The first-order valence-corrected chi connectivity index (χ1v) is 11.4. The van der Waals surface area contributed by atoms with Crippen LogP contribution in [-0.2, 0) is 9.53 Å². The van der Waals surface area contributed by atoms with Gasteiger partial charge >= 0.3 is 0 Å². The molecule has 0 spiro atoms. The molecule has 1 unspecified atom stereocenters. The van der Waals surface area contributed by atoms with E-state index in [-0.39, 0.29) is 29.9 Å². The Balaban J connectivity index is 0.00000450. The number of nitrogens with zero attached hydrogens (tertiary/aromatic N) is 3. The van der Waals surface area contributed by atoms with Gasteiger partial charge in [0.25, 0.3) is 0 Å². The Hall–Kier alpha value is -0.650. The first-order chi connectivity index (χ1) is 14.1. The number of amides is 1. The van der Waals surface area contributed by atoms with E-state index in [4.69, 9.17) is 9.73 Å². The molecule has 0 aromatic carbocycles. The third-order valence-electron chi connectivity index (χ3n) is 5.45. The average molecular weight is 539 g/mol. The number of halogens is 1. The summed E-state index contributed by atoms with van der Waals surface area (Å²) in [5.74, 6) is 1.58. The molecule has 0 aromatic rings. The molecule has 0 aliphatic carbocycles. The second kappa shape index (κ2) is 16.0. The van der Waals surface area contributed by atoms with E-state index in [1.54, 1.807) is 0 Å². The van der Waals surface area contributed by atoms with Gasteiger partial charge in [0.2, 0.25) is 5.91 Å². The van der Waals surface area contributed by atoms with E-state index < -0.39 is 0 Å². The van der Waals surface area contributed by atoms with Gasteiger partial charge in [0.15, 0.2) is 5.96 Å². The largest absolute Gasteiger partial charge is 0.379 e. The summed E-state index contributed by atoms with van der Waals surface area (Å²) in [6.07, 6.45) is 3.05. The quantitative estimate of drug-likeness (QED) is 0.220. The molecule has 2 saturated heterocycles. The summed E-state index contributed by atoms with van der Waals surface area (Å²) >= 11 is 0. The van der Waals surface area contributed by atoms with Crippen molar-refractivity contribution < 1.29 is 9.53 Å². The zero-order chi connectivity index (χ0) is 20.9. The van der Waals surface area contributed by atoms with Crippen LogP contribution >= 0.6 is 24.0 Å². The lowest BCUT2D eigenvalue weighted by Gasteiger charge is -2.32. The monoisotopic (exact) mass is 538 g/mol. The Morgan fingerprint density at radius 3 is 2.43 bits per heavy atom. The Morgan fingerprint density at radius 1 is 1.10 bits per heavy atom. The molecular formula is C21H43IN6O2. The summed E-state index contributed by atoms with van der Waals surface area (Å²) in [6, 6.07) is 0.414. The van der Waals surface area contributed by atoms with Gasteiger partial charge in [-0.15, -0.1) is 24.0 Å². The van der Waals surface area contributed by atoms with Crippen molar-refractivity contribution in [2.75, 3.05) is 72.1 Å². The van der Waals surface area contributed by atoms with Crippen molar-refractivity contribution in [1.29, 1.82) is 0 Å². The van der Waals surface area contributed by atoms with Crippen molar-refractivity contribution in [3.8, 4) is 0 Å². The highest BCUT2D eigenvalue weighted by molar-refractivity contribution is 14.0. The molecule has 2 aliphatic heterocycles. The lowest BCUT2D eigenvalue weighted by Crippen LogP contribution is -2.50. The summed E-state index contributed by atoms with van der Waals surface area (Å²) in [5, 5.41) is 9.95. The summed E-state index contributed by atoms with van der Waals surface area (Å²) in [5.41, 5.74) is 0. The Bertz CT molecular complexity index is 494. The van der Waals surface area contributed by atoms with E-state index in [9.17, 15) is 4.79 Å². The molecule has 0 bridgehead atoms. The van der Waals surface area contributed by atoms with Crippen LogP contribution in [0.1, 0.15) is 40.0 Å². The first-order valence-electron chi connectivity index (χ1n) is 11.4. The molecule has 176 valence electrons. The van der Waals surface area contributed by atoms with Gasteiger partial charge in [-0.05, 0) is 32.1 Å². The van der Waals surface area contributed by atoms with Crippen LogP contribution in [0, 0.1) is 5.92 Å². The molecule has 3 N–H and O–H groups in total. The average Bonchev–Trinajstić information content (AvgIpc) is 2.73. The molecule has 30 heavy (non-hydrogen) atoms. The standard InChI is InChI=1S/C21H42N6O2.HI/c1-4-8-23-20(28)17-26-9-6-19(7-10-26)25-21(22-5-2)24-15-18(3)16-27-11-13-29-14-12-27;/h18-19H,4-17H2,1-3H3,(H,23,28)(H2,22,24,25);1H. The molecule has 0 saturated carbocycles. The molecular weight excluding hydrogens is 495 g/mol. The fourth-order valence-electron chi connectivity index (χ4n) is 3.80. The van der Waals surface area contributed by atoms with Crippen molar-refractivity contribution in [2.24, 2.45) is 10.9 Å². The van der Waals surface area contributed by atoms with E-state index in [1.807, 2.05) is 0 Å². The van der Waals surface area contributed by atoms with Gasteiger partial charge in [-0.2, -0.15) is 0 Å². The van der Waals surface area contributed by atoms with Gasteiger partial charge in [-0.1, -0.05) is 13.8 Å². The van der Waals surface area contributed by atoms with Gasteiger partial charge in [0, 0.05) is 58.4 Å². The maximum atomic E-state index is 11.9. The summed E-state index contributed by atoms with van der Waals surface area (Å²) in [4.78, 5) is 21.4. The minimum absolute atomic E-state index is 0. The van der Waals surface area contributed by atoms with Gasteiger partial charge in [0.1, 0.15) is 0 Å². The third-order valence-corrected chi connectivity index (χ3v) is 5.45. The lowest BCUT2D eigenvalue weighted by molar-refractivity contribution is -0.122. The number of carbonyl (C=O) groups excluding carboxylic acids is 1. The van der Waals surface area contributed by atoms with Crippen LogP contribution in [0.5, 0.6) is 0 Å². The van der Waals surface area contributed by atoms with Crippen molar-refractivity contribution in [3.05, 3.63) is 0 Å². The van der Waals surface area contributed by atoms with E-state index in [0.29, 0.717) is 18.5 Å². The summed E-state index contributed by atoms with van der Waals surface area (Å²) in [6.45, 7) is 16.1. The number of hydrogen-bond donors (Lipinski definition) is 3. The topological polar surface area (TPSA) is 81.2 Å². The SMILES string of the molecule is CCCNC(=O)CN1CCC(NC(=NCC(C)CN2CCOCC2)NCC)CC1.I. The molecule has 2 aliphatic rings. The summed E-state index contributed by atoms with van der Waals surface area (Å²) < 4.78 is 5.43. The zero-order valence-corrected chi connectivity index (χ0v) is 21.5. The van der Waals surface area contributed by atoms with Crippen molar-refractivity contribution in [3.63, 3.8) is 0 Å². The highest BCUT2D eigenvalue weighted by atomic mass is 127. The number of aliphatic imine (C=N–C) groups is 1. The highest BCUT2D eigenvalue weighted by Gasteiger charge is 2.21. The van der Waals surface area contributed by atoms with Crippen LogP contribution in [-0.4, -0.2) is 99.8 Å². The Morgan fingerprint density at radius 2 is 1.80 bits per heavy atom. The minimum atomic E-state index is 0. The molecule has 0 aromatic heterocycles. The maximum absolute atomic E-state index is 11.9. The van der Waals surface area contributed by atoms with E-state index in [1.165, 1.54) is 0 Å². The molecule has 2 heterocycles.